The Kier molecular flexibility index (Phi) is 27.7. The van der Waals surface area contributed by atoms with Crippen LogP contribution in [0.4, 0.5) is 0 Å². The molecule has 4 atom stereocenters. The van der Waals surface area contributed by atoms with E-state index in [0.717, 1.165) is 32.5 Å². The normalized spacial score (nSPS) is 15.0. The van der Waals surface area contributed by atoms with Crippen LogP contribution in [0.3, 0.4) is 0 Å². The van der Waals surface area contributed by atoms with Gasteiger partial charge in [-0.2, -0.15) is 0 Å². The second kappa shape index (κ2) is 29.0. The lowest BCUT2D eigenvalue weighted by molar-refractivity contribution is -0.178. The Hall–Kier alpha value is -1.79. The number of unbranched alkanes of at least 4 members (excludes halogenated alkanes) is 15. The number of aliphatic hydroxyl groups excluding tert-OH is 4. The van der Waals surface area contributed by atoms with E-state index in [9.17, 15) is 29.7 Å². The fraction of sp³-hybridized carbons (Fsp3) is 0.906. The van der Waals surface area contributed by atoms with Crippen molar-refractivity contribution in [3.63, 3.8) is 0 Å². The molecule has 43 heavy (non-hydrogen) atoms. The van der Waals surface area contributed by atoms with Crippen molar-refractivity contribution in [2.24, 2.45) is 0 Å². The third-order valence-corrected chi connectivity index (χ3v) is 7.21. The standard InChI is InChI=1S/C30H56O10.C2H4O/c1-2-3-4-5-6-7-8-9-10-11-12-13-14-15-16-20-27(35)39-23-25(30(38)29(37)24(32)22-31)40-28(36)21-18-17-19-26(33)34;1-2-3-1/h24-25,29-32,37-38H,2-23H2,1H3,(H,33,34);1-2H2/t24-,25+,29-,30-;/m1./s1. The summed E-state index contributed by atoms with van der Waals surface area (Å²) in [5, 5.41) is 47.7. The van der Waals surface area contributed by atoms with Gasteiger partial charge in [0.1, 0.15) is 24.9 Å². The minimum absolute atomic E-state index is 0.0995. The summed E-state index contributed by atoms with van der Waals surface area (Å²) in [5.41, 5.74) is 0. The van der Waals surface area contributed by atoms with Crippen LogP contribution in [0.2, 0.25) is 0 Å². The highest BCUT2D eigenvalue weighted by molar-refractivity contribution is 5.70. The van der Waals surface area contributed by atoms with Gasteiger partial charge in [0.05, 0.1) is 19.8 Å². The third kappa shape index (κ3) is 27.5. The molecule has 1 saturated heterocycles. The van der Waals surface area contributed by atoms with Crippen molar-refractivity contribution in [3.8, 4) is 0 Å². The van der Waals surface area contributed by atoms with E-state index in [1.54, 1.807) is 0 Å². The van der Waals surface area contributed by atoms with Crippen LogP contribution in [0.5, 0.6) is 0 Å². The fourth-order valence-corrected chi connectivity index (χ4v) is 4.42. The Morgan fingerprint density at radius 1 is 0.651 bits per heavy atom. The van der Waals surface area contributed by atoms with Gasteiger partial charge in [-0.25, -0.2) is 0 Å². The van der Waals surface area contributed by atoms with Crippen molar-refractivity contribution < 1.29 is 54.1 Å². The summed E-state index contributed by atoms with van der Waals surface area (Å²) in [6.07, 6.45) is 11.9. The Labute approximate surface area is 258 Å². The van der Waals surface area contributed by atoms with Gasteiger partial charge in [0.15, 0.2) is 6.10 Å². The van der Waals surface area contributed by atoms with Crippen molar-refractivity contribution in [1.29, 1.82) is 0 Å². The molecule has 0 saturated carbocycles. The Morgan fingerprint density at radius 3 is 1.51 bits per heavy atom. The van der Waals surface area contributed by atoms with Crippen molar-refractivity contribution in [1.82, 2.24) is 0 Å². The number of epoxide rings is 1. The molecule has 0 radical (unpaired) electrons. The number of aliphatic hydroxyl groups is 4. The summed E-state index contributed by atoms with van der Waals surface area (Å²) in [7, 11) is 0. The first-order valence-electron chi connectivity index (χ1n) is 16.5. The van der Waals surface area contributed by atoms with E-state index < -0.39 is 55.5 Å². The van der Waals surface area contributed by atoms with Gasteiger partial charge in [-0.3, -0.25) is 14.4 Å². The lowest BCUT2D eigenvalue weighted by Crippen LogP contribution is -2.49. The summed E-state index contributed by atoms with van der Waals surface area (Å²) < 4.78 is 14.8. The highest BCUT2D eigenvalue weighted by Gasteiger charge is 2.34. The van der Waals surface area contributed by atoms with Crippen molar-refractivity contribution >= 4 is 17.9 Å². The molecule has 1 aliphatic heterocycles. The first-order chi connectivity index (χ1) is 20.7. The molecule has 0 aromatic rings. The number of carbonyl (C=O) groups excluding carboxylic acids is 2. The number of ether oxygens (including phenoxy) is 3. The molecule has 0 aliphatic carbocycles. The minimum atomic E-state index is -1.83. The Balaban J connectivity index is 0.00000549. The van der Waals surface area contributed by atoms with Crippen molar-refractivity contribution in [2.75, 3.05) is 26.4 Å². The van der Waals surface area contributed by atoms with E-state index in [4.69, 9.17) is 19.7 Å². The van der Waals surface area contributed by atoms with Crippen LogP contribution in [-0.2, 0) is 28.6 Å². The molecule has 0 aromatic heterocycles. The average molecular weight is 621 g/mol. The van der Waals surface area contributed by atoms with Crippen molar-refractivity contribution in [3.05, 3.63) is 0 Å². The molecular formula is C32H60O11. The maximum absolute atomic E-state index is 12.2. The highest BCUT2D eigenvalue weighted by atomic mass is 16.6. The van der Waals surface area contributed by atoms with E-state index in [-0.39, 0.29) is 32.1 Å². The quantitative estimate of drug-likeness (QED) is 0.0473. The molecule has 5 N–H and O–H groups in total. The van der Waals surface area contributed by atoms with Gasteiger partial charge in [-0.15, -0.1) is 0 Å². The molecule has 254 valence electrons. The number of carbonyl (C=O) groups is 3. The van der Waals surface area contributed by atoms with E-state index in [1.807, 2.05) is 0 Å². The van der Waals surface area contributed by atoms with Gasteiger partial charge >= 0.3 is 17.9 Å². The first kappa shape index (κ1) is 41.2. The number of esters is 2. The van der Waals surface area contributed by atoms with E-state index in [1.165, 1.54) is 70.6 Å². The molecule has 1 rings (SSSR count). The van der Waals surface area contributed by atoms with Crippen molar-refractivity contribution in [2.45, 2.75) is 160 Å². The highest BCUT2D eigenvalue weighted by Crippen LogP contribution is 2.15. The van der Waals surface area contributed by atoms with Gasteiger partial charge in [0.2, 0.25) is 0 Å². The predicted molar refractivity (Wildman–Crippen MR) is 162 cm³/mol. The van der Waals surface area contributed by atoms with Gasteiger partial charge in [0, 0.05) is 19.3 Å². The number of aliphatic carboxylic acids is 1. The maximum atomic E-state index is 12.2. The molecule has 1 aliphatic rings. The molecule has 0 unspecified atom stereocenters. The zero-order chi connectivity index (χ0) is 32.1. The Morgan fingerprint density at radius 2 is 1.07 bits per heavy atom. The molecule has 11 nitrogen and oxygen atoms in total. The summed E-state index contributed by atoms with van der Waals surface area (Å²) >= 11 is 0. The van der Waals surface area contributed by atoms with E-state index in [0.29, 0.717) is 6.42 Å². The van der Waals surface area contributed by atoms with Crippen LogP contribution in [-0.4, -0.2) is 94.3 Å². The van der Waals surface area contributed by atoms with Gasteiger partial charge in [0.25, 0.3) is 0 Å². The smallest absolute Gasteiger partial charge is 0.306 e. The summed E-state index contributed by atoms with van der Waals surface area (Å²) in [4.78, 5) is 34.9. The van der Waals surface area contributed by atoms with Crippen LogP contribution < -0.4 is 0 Å². The maximum Gasteiger partial charge on any atom is 0.306 e. The van der Waals surface area contributed by atoms with Gasteiger partial charge in [-0.1, -0.05) is 96.8 Å². The van der Waals surface area contributed by atoms with Crippen LogP contribution in [0.1, 0.15) is 135 Å². The Bertz CT molecular complexity index is 683. The van der Waals surface area contributed by atoms with Crippen LogP contribution in [0, 0.1) is 0 Å². The number of carboxylic acid groups (broad SMARTS) is 1. The summed E-state index contributed by atoms with van der Waals surface area (Å²) in [6, 6.07) is 0. The summed E-state index contributed by atoms with van der Waals surface area (Å²) in [5.74, 6) is -2.27. The zero-order valence-corrected chi connectivity index (χ0v) is 26.5. The minimum Gasteiger partial charge on any atom is -0.481 e. The zero-order valence-electron chi connectivity index (χ0n) is 26.5. The van der Waals surface area contributed by atoms with Gasteiger partial charge in [-0.05, 0) is 19.3 Å². The van der Waals surface area contributed by atoms with Crippen LogP contribution in [0.25, 0.3) is 0 Å². The molecule has 0 aromatic carbocycles. The molecule has 1 fully saturated rings. The van der Waals surface area contributed by atoms with Gasteiger partial charge < -0.3 is 39.7 Å². The lowest BCUT2D eigenvalue weighted by Gasteiger charge is -2.28. The van der Waals surface area contributed by atoms with Crippen LogP contribution in [0.15, 0.2) is 0 Å². The lowest BCUT2D eigenvalue weighted by atomic mass is 10.0. The summed E-state index contributed by atoms with van der Waals surface area (Å²) in [6.45, 7) is 2.89. The number of hydrogen-bond acceptors (Lipinski definition) is 10. The fourth-order valence-electron chi connectivity index (χ4n) is 4.42. The second-order valence-corrected chi connectivity index (χ2v) is 11.4. The van der Waals surface area contributed by atoms with E-state index in [2.05, 4.69) is 11.7 Å². The van der Waals surface area contributed by atoms with E-state index >= 15 is 0 Å². The molecule has 0 bridgehead atoms. The predicted octanol–water partition coefficient (Wildman–Crippen LogP) is 4.44. The molecular weight excluding hydrogens is 560 g/mol. The average Bonchev–Trinajstić information content (AvgIpc) is 3.88. The SMILES string of the molecule is C1CO1.CCCCCCCCCCCCCCCCCC(=O)OC[C@H](OC(=O)CCCCC(=O)O)[C@@H](O)[C@H](O)[C@H](O)CO. The second-order valence-electron chi connectivity index (χ2n) is 11.4. The van der Waals surface area contributed by atoms with Crippen LogP contribution >= 0.6 is 0 Å². The number of carboxylic acids is 1. The number of hydrogen-bond donors (Lipinski definition) is 5. The largest absolute Gasteiger partial charge is 0.481 e. The molecule has 0 amide bonds. The molecule has 1 heterocycles. The first-order valence-corrected chi connectivity index (χ1v) is 16.5. The third-order valence-electron chi connectivity index (χ3n) is 7.21. The number of rotatable bonds is 28. The molecule has 0 spiro atoms. The molecule has 11 heteroatoms. The topological polar surface area (TPSA) is 183 Å². The monoisotopic (exact) mass is 620 g/mol.